The van der Waals surface area contributed by atoms with Gasteiger partial charge in [-0.2, -0.15) is 18.2 Å². The van der Waals surface area contributed by atoms with Gasteiger partial charge >= 0.3 is 5.92 Å². The summed E-state index contributed by atoms with van der Waals surface area (Å²) in [7, 11) is 0. The zero-order chi connectivity index (χ0) is 26.0. The van der Waals surface area contributed by atoms with Crippen LogP contribution in [0.2, 0.25) is 0 Å². The molecule has 1 aromatic heterocycles. The fraction of sp³-hybridized carbons (Fsp3) is 0.577. The second kappa shape index (κ2) is 10.7. The van der Waals surface area contributed by atoms with Gasteiger partial charge in [0.2, 0.25) is 11.8 Å². The molecule has 5 rings (SSSR count). The van der Waals surface area contributed by atoms with Crippen LogP contribution in [-0.4, -0.2) is 59.7 Å². The molecule has 37 heavy (non-hydrogen) atoms. The molecule has 2 N–H and O–H groups in total. The second-order valence-corrected chi connectivity index (χ2v) is 10.2. The first-order valence-corrected chi connectivity index (χ1v) is 12.8. The number of carbonyl (C=O) groups excluding carboxylic acids is 1. The predicted molar refractivity (Wildman–Crippen MR) is 132 cm³/mol. The summed E-state index contributed by atoms with van der Waals surface area (Å²) in [6.07, 6.45) is 5.85. The van der Waals surface area contributed by atoms with Crippen LogP contribution in [0.1, 0.15) is 45.4 Å². The Morgan fingerprint density at radius 3 is 2.43 bits per heavy atom. The van der Waals surface area contributed by atoms with Gasteiger partial charge in [0, 0.05) is 24.3 Å². The number of benzene rings is 1. The van der Waals surface area contributed by atoms with E-state index < -0.39 is 17.6 Å². The van der Waals surface area contributed by atoms with Gasteiger partial charge in [0.15, 0.2) is 0 Å². The van der Waals surface area contributed by atoms with Crippen molar-refractivity contribution in [3.8, 4) is 5.88 Å². The van der Waals surface area contributed by atoms with E-state index in [1.807, 2.05) is 12.1 Å². The number of amides is 1. The Bertz CT molecular complexity index is 1070. The molecular formula is C26H32F3N5O3. The molecule has 2 bridgehead atoms. The van der Waals surface area contributed by atoms with E-state index in [1.54, 1.807) is 0 Å². The third-order valence-electron chi connectivity index (χ3n) is 7.41. The highest BCUT2D eigenvalue weighted by atomic mass is 19.3. The molecule has 3 aliphatic rings. The number of nitrogens with one attached hydrogen (secondary N) is 2. The van der Waals surface area contributed by atoms with E-state index in [2.05, 4.69) is 37.6 Å². The number of ether oxygens (including phenoxy) is 2. The van der Waals surface area contributed by atoms with Crippen molar-refractivity contribution in [2.24, 2.45) is 5.92 Å². The Labute approximate surface area is 213 Å². The Morgan fingerprint density at radius 2 is 1.78 bits per heavy atom. The Balaban J connectivity index is 1.13. The summed E-state index contributed by atoms with van der Waals surface area (Å²) >= 11 is 0. The number of hydrogen-bond acceptors (Lipinski definition) is 7. The highest BCUT2D eigenvalue weighted by Crippen LogP contribution is 2.34. The number of morpholine rings is 1. The lowest BCUT2D eigenvalue weighted by atomic mass is 9.86. The summed E-state index contributed by atoms with van der Waals surface area (Å²) in [6.45, 7) is 2.36. The van der Waals surface area contributed by atoms with Gasteiger partial charge < -0.3 is 25.0 Å². The first kappa shape index (κ1) is 25.6. The summed E-state index contributed by atoms with van der Waals surface area (Å²) in [5, 5.41) is 5.50. The van der Waals surface area contributed by atoms with Crippen LogP contribution < -0.4 is 20.3 Å². The van der Waals surface area contributed by atoms with Crippen molar-refractivity contribution in [2.75, 3.05) is 30.0 Å². The standard InChI is InChI=1S/C26H32F3N5O3/c1-26(28,29)24(35)31-17-4-2-16(3-5-17)13-37-23-22(27)12-30-25(33-23)32-18-6-8-19(9-7-18)34-20-10-11-21(34)15-36-14-20/h6-9,12,16-17,20-21H,2-5,10-11,13-15H2,1H3,(H,31,35)(H,30,32,33). The number of carbonyl (C=O) groups is 1. The van der Waals surface area contributed by atoms with Crippen molar-refractivity contribution in [1.82, 2.24) is 15.3 Å². The molecule has 8 nitrogen and oxygen atoms in total. The molecule has 1 aliphatic carbocycles. The molecule has 11 heteroatoms. The van der Waals surface area contributed by atoms with E-state index in [0.29, 0.717) is 44.7 Å². The van der Waals surface area contributed by atoms with Crippen LogP contribution in [0.4, 0.5) is 30.5 Å². The normalized spacial score (nSPS) is 25.6. The molecule has 2 aliphatic heterocycles. The van der Waals surface area contributed by atoms with E-state index in [4.69, 9.17) is 9.47 Å². The molecule has 3 fully saturated rings. The number of halogens is 3. The number of nitrogens with zero attached hydrogens (tertiary/aromatic N) is 3. The van der Waals surface area contributed by atoms with Crippen molar-refractivity contribution in [1.29, 1.82) is 0 Å². The van der Waals surface area contributed by atoms with Crippen molar-refractivity contribution < 1.29 is 27.4 Å². The topological polar surface area (TPSA) is 88.6 Å². The van der Waals surface area contributed by atoms with Gasteiger partial charge in [0.1, 0.15) is 0 Å². The number of aromatic nitrogens is 2. The van der Waals surface area contributed by atoms with Crippen LogP contribution in [0.3, 0.4) is 0 Å². The lowest BCUT2D eigenvalue weighted by Gasteiger charge is -2.36. The molecule has 2 saturated heterocycles. The van der Waals surface area contributed by atoms with Gasteiger partial charge in [-0.1, -0.05) is 0 Å². The van der Waals surface area contributed by atoms with E-state index in [9.17, 15) is 18.0 Å². The monoisotopic (exact) mass is 519 g/mol. The van der Waals surface area contributed by atoms with Gasteiger partial charge in [-0.3, -0.25) is 4.79 Å². The average molecular weight is 520 g/mol. The van der Waals surface area contributed by atoms with Crippen LogP contribution in [0.5, 0.6) is 5.88 Å². The van der Waals surface area contributed by atoms with Crippen LogP contribution in [0, 0.1) is 11.7 Å². The molecule has 2 unspecified atom stereocenters. The molecule has 200 valence electrons. The Hall–Kier alpha value is -3.08. The maximum atomic E-state index is 14.3. The summed E-state index contributed by atoms with van der Waals surface area (Å²) in [6, 6.07) is 8.57. The summed E-state index contributed by atoms with van der Waals surface area (Å²) in [4.78, 5) is 22.1. The second-order valence-electron chi connectivity index (χ2n) is 10.2. The van der Waals surface area contributed by atoms with Crippen LogP contribution in [0.15, 0.2) is 30.5 Å². The van der Waals surface area contributed by atoms with Gasteiger partial charge in [0.25, 0.3) is 11.8 Å². The number of anilines is 3. The van der Waals surface area contributed by atoms with Gasteiger partial charge in [0.05, 0.1) is 38.1 Å². The zero-order valence-electron chi connectivity index (χ0n) is 20.8. The van der Waals surface area contributed by atoms with Gasteiger partial charge in [-0.05, 0) is 68.7 Å². The minimum absolute atomic E-state index is 0.115. The SMILES string of the molecule is CC(F)(F)C(=O)NC1CCC(COc2nc(Nc3ccc(N4C5CCC4COC5)cc3)ncc2F)CC1. The molecule has 1 saturated carbocycles. The first-order valence-electron chi connectivity index (χ1n) is 12.8. The molecule has 0 spiro atoms. The van der Waals surface area contributed by atoms with Crippen molar-refractivity contribution in [3.63, 3.8) is 0 Å². The maximum absolute atomic E-state index is 14.3. The number of alkyl halides is 2. The summed E-state index contributed by atoms with van der Waals surface area (Å²) < 4.78 is 51.8. The Morgan fingerprint density at radius 1 is 1.11 bits per heavy atom. The average Bonchev–Trinajstić information content (AvgIpc) is 3.12. The quantitative estimate of drug-likeness (QED) is 0.533. The first-order chi connectivity index (χ1) is 17.8. The molecule has 1 amide bonds. The van der Waals surface area contributed by atoms with E-state index in [1.165, 1.54) is 0 Å². The molecule has 0 radical (unpaired) electrons. The predicted octanol–water partition coefficient (Wildman–Crippen LogP) is 4.44. The summed E-state index contributed by atoms with van der Waals surface area (Å²) in [5.74, 6) is -5.10. The fourth-order valence-electron chi connectivity index (χ4n) is 5.39. The largest absolute Gasteiger partial charge is 0.475 e. The number of rotatable bonds is 8. The van der Waals surface area contributed by atoms with Crippen LogP contribution in [0.25, 0.3) is 0 Å². The zero-order valence-corrected chi connectivity index (χ0v) is 20.8. The summed E-state index contributed by atoms with van der Waals surface area (Å²) in [5.41, 5.74) is 1.93. The molecular weight excluding hydrogens is 487 g/mol. The van der Waals surface area contributed by atoms with Crippen LogP contribution >= 0.6 is 0 Å². The highest BCUT2D eigenvalue weighted by Gasteiger charge is 2.37. The van der Waals surface area contributed by atoms with E-state index in [0.717, 1.165) is 43.6 Å². The fourth-order valence-corrected chi connectivity index (χ4v) is 5.39. The lowest BCUT2D eigenvalue weighted by molar-refractivity contribution is -0.144. The van der Waals surface area contributed by atoms with Gasteiger partial charge in [-0.15, -0.1) is 0 Å². The minimum Gasteiger partial charge on any atom is -0.475 e. The minimum atomic E-state index is -3.39. The van der Waals surface area contributed by atoms with Crippen LogP contribution in [-0.2, 0) is 9.53 Å². The molecule has 3 heterocycles. The Kier molecular flexibility index (Phi) is 7.41. The highest BCUT2D eigenvalue weighted by molar-refractivity contribution is 5.83. The number of fused-ring (bicyclic) bond motifs is 2. The number of hydrogen-bond donors (Lipinski definition) is 2. The molecule has 2 atom stereocenters. The molecule has 1 aromatic carbocycles. The third-order valence-corrected chi connectivity index (χ3v) is 7.41. The van der Waals surface area contributed by atoms with E-state index >= 15 is 0 Å². The van der Waals surface area contributed by atoms with Gasteiger partial charge in [-0.25, -0.2) is 4.98 Å². The smallest absolute Gasteiger partial charge is 0.321 e. The van der Waals surface area contributed by atoms with E-state index in [-0.39, 0.29) is 30.4 Å². The van der Waals surface area contributed by atoms with Crippen molar-refractivity contribution in [2.45, 2.75) is 69.5 Å². The lowest BCUT2D eigenvalue weighted by Crippen LogP contribution is -2.45. The van der Waals surface area contributed by atoms with Crippen molar-refractivity contribution >= 4 is 23.2 Å². The third kappa shape index (κ3) is 6.08. The molecule has 2 aromatic rings. The maximum Gasteiger partial charge on any atom is 0.321 e. The van der Waals surface area contributed by atoms with Crippen molar-refractivity contribution in [3.05, 3.63) is 36.3 Å².